The van der Waals surface area contributed by atoms with Crippen LogP contribution in [0.2, 0.25) is 0 Å². The SMILES string of the molecule is Cc1ccc(-c2noc(CN3CCC(C(=O)N4CCC(C(N)=O)CC4)CC3)n2)cc1. The van der Waals surface area contributed by atoms with Crippen LogP contribution in [-0.4, -0.2) is 57.9 Å². The summed E-state index contributed by atoms with van der Waals surface area (Å²) in [6, 6.07) is 8.05. The van der Waals surface area contributed by atoms with Gasteiger partial charge in [0.25, 0.3) is 0 Å². The number of piperidine rings is 2. The number of amides is 2. The number of benzene rings is 1. The standard InChI is InChI=1S/C22H29N5O3/c1-15-2-4-17(5-3-15)21-24-19(30-25-21)14-26-10-6-18(7-11-26)22(29)27-12-8-16(9-13-27)20(23)28/h2-5,16,18H,6-14H2,1H3,(H2,23,28). The number of hydrogen-bond acceptors (Lipinski definition) is 6. The first-order valence-corrected chi connectivity index (χ1v) is 10.7. The molecule has 3 heterocycles. The summed E-state index contributed by atoms with van der Waals surface area (Å²) < 4.78 is 5.44. The van der Waals surface area contributed by atoms with Gasteiger partial charge in [0.05, 0.1) is 6.54 Å². The molecule has 1 aromatic carbocycles. The lowest BCUT2D eigenvalue weighted by Crippen LogP contribution is -2.46. The van der Waals surface area contributed by atoms with Crippen molar-refractivity contribution in [2.24, 2.45) is 17.6 Å². The van der Waals surface area contributed by atoms with E-state index in [0.717, 1.165) is 31.5 Å². The highest BCUT2D eigenvalue weighted by Crippen LogP contribution is 2.25. The van der Waals surface area contributed by atoms with Crippen LogP contribution >= 0.6 is 0 Å². The lowest BCUT2D eigenvalue weighted by molar-refractivity contribution is -0.140. The number of primary amides is 1. The van der Waals surface area contributed by atoms with Gasteiger partial charge in [-0.25, -0.2) is 0 Å². The molecule has 2 aliphatic rings. The first kappa shape index (κ1) is 20.5. The molecule has 0 unspecified atom stereocenters. The van der Waals surface area contributed by atoms with E-state index in [0.29, 0.717) is 44.2 Å². The third-order valence-electron chi connectivity index (χ3n) is 6.28. The van der Waals surface area contributed by atoms with Gasteiger partial charge in [0.1, 0.15) is 0 Å². The molecule has 0 saturated carbocycles. The number of nitrogens with zero attached hydrogens (tertiary/aromatic N) is 4. The Balaban J connectivity index is 1.25. The van der Waals surface area contributed by atoms with Gasteiger partial charge in [-0.05, 0) is 45.7 Å². The van der Waals surface area contributed by atoms with Gasteiger partial charge < -0.3 is 15.2 Å². The summed E-state index contributed by atoms with van der Waals surface area (Å²) in [6.07, 6.45) is 3.02. The van der Waals surface area contributed by atoms with Crippen molar-refractivity contribution >= 4 is 11.8 Å². The first-order valence-electron chi connectivity index (χ1n) is 10.7. The average molecular weight is 412 g/mol. The van der Waals surface area contributed by atoms with Crippen LogP contribution in [0.25, 0.3) is 11.4 Å². The van der Waals surface area contributed by atoms with E-state index in [1.165, 1.54) is 5.56 Å². The van der Waals surface area contributed by atoms with Crippen LogP contribution in [0.1, 0.15) is 37.1 Å². The molecule has 8 heteroatoms. The number of likely N-dealkylation sites (tertiary alicyclic amines) is 2. The smallest absolute Gasteiger partial charge is 0.241 e. The Labute approximate surface area is 176 Å². The zero-order chi connectivity index (χ0) is 21.1. The Bertz CT molecular complexity index is 878. The molecular weight excluding hydrogens is 382 g/mol. The van der Waals surface area contributed by atoms with Gasteiger partial charge in [-0.3, -0.25) is 14.5 Å². The monoisotopic (exact) mass is 411 g/mol. The summed E-state index contributed by atoms with van der Waals surface area (Å²) in [5.41, 5.74) is 7.52. The Morgan fingerprint density at radius 1 is 1.03 bits per heavy atom. The van der Waals surface area contributed by atoms with Gasteiger partial charge in [0, 0.05) is 30.5 Å². The van der Waals surface area contributed by atoms with E-state index < -0.39 is 0 Å². The molecule has 0 atom stereocenters. The number of carbonyl (C=O) groups excluding carboxylic acids is 2. The van der Waals surface area contributed by atoms with Crippen molar-refractivity contribution in [2.75, 3.05) is 26.2 Å². The highest BCUT2D eigenvalue weighted by atomic mass is 16.5. The quantitative estimate of drug-likeness (QED) is 0.806. The summed E-state index contributed by atoms with van der Waals surface area (Å²) in [5.74, 6) is 1.14. The van der Waals surface area contributed by atoms with Crippen molar-refractivity contribution in [1.82, 2.24) is 19.9 Å². The van der Waals surface area contributed by atoms with E-state index in [1.807, 2.05) is 36.1 Å². The Hall–Kier alpha value is -2.74. The van der Waals surface area contributed by atoms with Gasteiger partial charge >= 0.3 is 0 Å². The maximum absolute atomic E-state index is 12.8. The van der Waals surface area contributed by atoms with E-state index >= 15 is 0 Å². The minimum Gasteiger partial charge on any atom is -0.369 e. The molecule has 2 aliphatic heterocycles. The van der Waals surface area contributed by atoms with Gasteiger partial charge in [-0.15, -0.1) is 0 Å². The molecule has 4 rings (SSSR count). The van der Waals surface area contributed by atoms with E-state index in [9.17, 15) is 9.59 Å². The number of hydrogen-bond donors (Lipinski definition) is 1. The first-order chi connectivity index (χ1) is 14.5. The van der Waals surface area contributed by atoms with Crippen molar-refractivity contribution in [3.63, 3.8) is 0 Å². The fourth-order valence-corrected chi connectivity index (χ4v) is 4.31. The molecule has 0 aliphatic carbocycles. The molecule has 0 spiro atoms. The second kappa shape index (κ2) is 8.95. The largest absolute Gasteiger partial charge is 0.369 e. The molecule has 1 aromatic heterocycles. The Morgan fingerprint density at radius 2 is 1.67 bits per heavy atom. The summed E-state index contributed by atoms with van der Waals surface area (Å²) in [7, 11) is 0. The van der Waals surface area contributed by atoms with E-state index in [4.69, 9.17) is 10.3 Å². The molecule has 2 fully saturated rings. The van der Waals surface area contributed by atoms with Crippen LogP contribution in [0.4, 0.5) is 0 Å². The number of aryl methyl sites for hydroxylation is 1. The number of nitrogens with two attached hydrogens (primary N) is 1. The predicted molar refractivity (Wildman–Crippen MR) is 111 cm³/mol. The third kappa shape index (κ3) is 4.70. The number of carbonyl (C=O) groups is 2. The van der Waals surface area contributed by atoms with Crippen LogP contribution in [-0.2, 0) is 16.1 Å². The minimum absolute atomic E-state index is 0.0529. The average Bonchev–Trinajstić information content (AvgIpc) is 3.23. The van der Waals surface area contributed by atoms with Gasteiger partial charge in [0.2, 0.25) is 23.5 Å². The maximum Gasteiger partial charge on any atom is 0.241 e. The van der Waals surface area contributed by atoms with Crippen molar-refractivity contribution in [3.8, 4) is 11.4 Å². The maximum atomic E-state index is 12.8. The molecule has 2 saturated heterocycles. The summed E-state index contributed by atoms with van der Waals surface area (Å²) in [6.45, 7) is 5.58. The molecule has 30 heavy (non-hydrogen) atoms. The van der Waals surface area contributed by atoms with Crippen molar-refractivity contribution < 1.29 is 14.1 Å². The molecular formula is C22H29N5O3. The summed E-state index contributed by atoms with van der Waals surface area (Å²) in [5, 5.41) is 4.10. The Kier molecular flexibility index (Phi) is 6.13. The molecule has 2 aromatic rings. The lowest BCUT2D eigenvalue weighted by Gasteiger charge is -2.36. The minimum atomic E-state index is -0.248. The van der Waals surface area contributed by atoms with Gasteiger partial charge in [0.15, 0.2) is 0 Å². The number of rotatable bonds is 5. The van der Waals surface area contributed by atoms with E-state index in [-0.39, 0.29) is 23.7 Å². The Morgan fingerprint density at radius 3 is 2.30 bits per heavy atom. The van der Waals surface area contributed by atoms with Crippen molar-refractivity contribution in [1.29, 1.82) is 0 Å². The van der Waals surface area contributed by atoms with Crippen molar-refractivity contribution in [3.05, 3.63) is 35.7 Å². The van der Waals surface area contributed by atoms with Gasteiger partial charge in [-0.1, -0.05) is 35.0 Å². The normalized spacial score (nSPS) is 19.2. The predicted octanol–water partition coefficient (Wildman–Crippen LogP) is 1.98. The molecule has 0 radical (unpaired) electrons. The lowest BCUT2D eigenvalue weighted by atomic mass is 9.92. The van der Waals surface area contributed by atoms with Gasteiger partial charge in [-0.2, -0.15) is 4.98 Å². The number of aromatic nitrogens is 2. The molecule has 160 valence electrons. The highest BCUT2D eigenvalue weighted by molar-refractivity contribution is 5.80. The van der Waals surface area contributed by atoms with Crippen LogP contribution in [0.3, 0.4) is 0 Å². The van der Waals surface area contributed by atoms with Crippen LogP contribution in [0.15, 0.2) is 28.8 Å². The third-order valence-corrected chi connectivity index (χ3v) is 6.28. The van der Waals surface area contributed by atoms with Crippen molar-refractivity contribution in [2.45, 2.75) is 39.2 Å². The molecule has 2 amide bonds. The van der Waals surface area contributed by atoms with E-state index in [2.05, 4.69) is 15.0 Å². The zero-order valence-electron chi connectivity index (χ0n) is 17.4. The highest BCUT2D eigenvalue weighted by Gasteiger charge is 2.32. The van der Waals surface area contributed by atoms with Crippen LogP contribution in [0.5, 0.6) is 0 Å². The fraction of sp³-hybridized carbons (Fsp3) is 0.545. The summed E-state index contributed by atoms with van der Waals surface area (Å²) >= 11 is 0. The topological polar surface area (TPSA) is 106 Å². The zero-order valence-corrected chi connectivity index (χ0v) is 17.4. The molecule has 0 bridgehead atoms. The molecule has 2 N–H and O–H groups in total. The molecule has 8 nitrogen and oxygen atoms in total. The summed E-state index contributed by atoms with van der Waals surface area (Å²) in [4.78, 5) is 32.8. The van der Waals surface area contributed by atoms with Crippen LogP contribution in [0, 0.1) is 18.8 Å². The van der Waals surface area contributed by atoms with E-state index in [1.54, 1.807) is 0 Å². The second-order valence-electron chi connectivity index (χ2n) is 8.43. The fourth-order valence-electron chi connectivity index (χ4n) is 4.31. The van der Waals surface area contributed by atoms with Crippen LogP contribution < -0.4 is 5.73 Å². The second-order valence-corrected chi connectivity index (χ2v) is 8.43.